The lowest BCUT2D eigenvalue weighted by molar-refractivity contribution is -0.145. The molecule has 158 valence electrons. The largest absolute Gasteiger partial charge is 0.463 e. The lowest BCUT2D eigenvalue weighted by atomic mass is 9.95. The van der Waals surface area contributed by atoms with Gasteiger partial charge in [-0.3, -0.25) is 14.4 Å². The first-order valence-corrected chi connectivity index (χ1v) is 9.95. The first kappa shape index (κ1) is 23.9. The Morgan fingerprint density at radius 2 is 1.89 bits per heavy atom. The number of hydrogen-bond donors (Lipinski definition) is 3. The molecule has 0 aliphatic heterocycles. The Kier molecular flexibility index (Phi) is 10.5. The Morgan fingerprint density at radius 3 is 2.46 bits per heavy atom. The maximum Gasteiger partial charge on any atom is 0.306 e. The molecule has 0 aromatic rings. The van der Waals surface area contributed by atoms with Gasteiger partial charge in [0.1, 0.15) is 6.61 Å². The summed E-state index contributed by atoms with van der Waals surface area (Å²) in [6, 6.07) is -0.367. The van der Waals surface area contributed by atoms with E-state index in [0.717, 1.165) is 25.7 Å². The first-order valence-electron chi connectivity index (χ1n) is 9.95. The molecular formula is C21H34N2O5. The summed E-state index contributed by atoms with van der Waals surface area (Å²) in [6.07, 6.45) is 7.88. The van der Waals surface area contributed by atoms with E-state index in [2.05, 4.69) is 23.8 Å². The van der Waals surface area contributed by atoms with E-state index in [9.17, 15) is 19.5 Å². The summed E-state index contributed by atoms with van der Waals surface area (Å²) in [5.74, 6) is -1.43. The van der Waals surface area contributed by atoms with Gasteiger partial charge < -0.3 is 20.5 Å². The maximum absolute atomic E-state index is 12.5. The van der Waals surface area contributed by atoms with Crippen LogP contribution in [0.2, 0.25) is 0 Å². The molecule has 7 nitrogen and oxygen atoms in total. The van der Waals surface area contributed by atoms with Crippen LogP contribution in [0.5, 0.6) is 0 Å². The van der Waals surface area contributed by atoms with Crippen LogP contribution >= 0.6 is 0 Å². The van der Waals surface area contributed by atoms with Gasteiger partial charge >= 0.3 is 5.97 Å². The normalized spacial score (nSPS) is 17.2. The standard InChI is InChI=1S/C21H34N2O5/c1-4-6-10-19(26)28-14-16(3)22-20(27)17(9-5-2)13-18(25)23-21(15-24)11-7-8-12-21/h4-5,16-17,24H,1-2,6-15H2,3H3,(H,22,27)(H,23,25). The molecule has 0 aromatic carbocycles. The second-order valence-electron chi connectivity index (χ2n) is 7.54. The third-order valence-corrected chi connectivity index (χ3v) is 4.96. The second-order valence-corrected chi connectivity index (χ2v) is 7.54. The van der Waals surface area contributed by atoms with Crippen LogP contribution in [0.1, 0.15) is 58.3 Å². The molecule has 0 bridgehead atoms. The molecule has 1 rings (SSSR count). The number of allylic oxidation sites excluding steroid dienone is 2. The van der Waals surface area contributed by atoms with Crippen molar-refractivity contribution in [3.8, 4) is 0 Å². The monoisotopic (exact) mass is 394 g/mol. The summed E-state index contributed by atoms with van der Waals surface area (Å²) in [5, 5.41) is 15.3. The number of aliphatic hydroxyl groups is 1. The SMILES string of the molecule is C=CCCC(=O)OCC(C)NC(=O)C(CC=C)CC(=O)NC1(CO)CCCC1. The number of esters is 1. The molecule has 2 atom stereocenters. The number of carbonyl (C=O) groups excluding carboxylic acids is 3. The van der Waals surface area contributed by atoms with Gasteiger partial charge in [-0.1, -0.05) is 25.0 Å². The smallest absolute Gasteiger partial charge is 0.306 e. The molecule has 1 saturated carbocycles. The average molecular weight is 395 g/mol. The van der Waals surface area contributed by atoms with Gasteiger partial charge in [-0.25, -0.2) is 0 Å². The Morgan fingerprint density at radius 1 is 1.21 bits per heavy atom. The number of aliphatic hydroxyl groups excluding tert-OH is 1. The van der Waals surface area contributed by atoms with Crippen LogP contribution < -0.4 is 10.6 Å². The molecule has 0 spiro atoms. The van der Waals surface area contributed by atoms with Crippen molar-refractivity contribution in [3.63, 3.8) is 0 Å². The highest BCUT2D eigenvalue weighted by molar-refractivity contribution is 5.86. The molecule has 0 heterocycles. The van der Waals surface area contributed by atoms with Gasteiger partial charge in [-0.05, 0) is 32.6 Å². The van der Waals surface area contributed by atoms with Gasteiger partial charge in [-0.15, -0.1) is 13.2 Å². The fourth-order valence-corrected chi connectivity index (χ4v) is 3.34. The number of amides is 2. The minimum atomic E-state index is -0.562. The van der Waals surface area contributed by atoms with E-state index in [0.29, 0.717) is 12.8 Å². The molecule has 0 radical (unpaired) electrons. The molecule has 2 amide bonds. The Hall–Kier alpha value is -2.15. The minimum Gasteiger partial charge on any atom is -0.463 e. The van der Waals surface area contributed by atoms with E-state index in [1.807, 2.05) is 0 Å². The van der Waals surface area contributed by atoms with Crippen molar-refractivity contribution >= 4 is 17.8 Å². The van der Waals surface area contributed by atoms with E-state index >= 15 is 0 Å². The Bertz CT molecular complexity index is 555. The summed E-state index contributed by atoms with van der Waals surface area (Å²) >= 11 is 0. The predicted molar refractivity (Wildman–Crippen MR) is 107 cm³/mol. The van der Waals surface area contributed by atoms with Crippen molar-refractivity contribution in [1.29, 1.82) is 0 Å². The predicted octanol–water partition coefficient (Wildman–Crippen LogP) is 2.00. The zero-order chi connectivity index (χ0) is 21.0. The average Bonchev–Trinajstić information content (AvgIpc) is 3.13. The molecule has 2 unspecified atom stereocenters. The van der Waals surface area contributed by atoms with E-state index in [1.165, 1.54) is 0 Å². The van der Waals surface area contributed by atoms with Gasteiger partial charge in [-0.2, -0.15) is 0 Å². The third-order valence-electron chi connectivity index (χ3n) is 4.96. The summed E-state index contributed by atoms with van der Waals surface area (Å²) in [7, 11) is 0. The number of nitrogens with one attached hydrogen (secondary N) is 2. The first-order chi connectivity index (χ1) is 13.4. The van der Waals surface area contributed by atoms with Gasteiger partial charge in [0.2, 0.25) is 11.8 Å². The van der Waals surface area contributed by atoms with Crippen LogP contribution in [0.4, 0.5) is 0 Å². The number of carbonyl (C=O) groups is 3. The van der Waals surface area contributed by atoms with Crippen molar-refractivity contribution in [1.82, 2.24) is 10.6 Å². The van der Waals surface area contributed by atoms with Gasteiger partial charge in [0, 0.05) is 12.8 Å². The number of rotatable bonds is 13. The van der Waals surface area contributed by atoms with Gasteiger partial charge in [0.25, 0.3) is 0 Å². The summed E-state index contributed by atoms with van der Waals surface area (Å²) < 4.78 is 5.12. The molecule has 7 heteroatoms. The van der Waals surface area contributed by atoms with E-state index in [1.54, 1.807) is 19.1 Å². The highest BCUT2D eigenvalue weighted by Gasteiger charge is 2.35. The Balaban J connectivity index is 2.50. The van der Waals surface area contributed by atoms with E-state index in [-0.39, 0.29) is 49.9 Å². The summed E-state index contributed by atoms with van der Waals surface area (Å²) in [5.41, 5.74) is -0.556. The van der Waals surface area contributed by atoms with E-state index in [4.69, 9.17) is 4.74 Å². The van der Waals surface area contributed by atoms with Crippen molar-refractivity contribution in [2.24, 2.45) is 5.92 Å². The maximum atomic E-state index is 12.5. The highest BCUT2D eigenvalue weighted by atomic mass is 16.5. The highest BCUT2D eigenvalue weighted by Crippen LogP contribution is 2.29. The van der Waals surface area contributed by atoms with Crippen LogP contribution in [-0.2, 0) is 19.1 Å². The molecule has 0 aromatic heterocycles. The quantitative estimate of drug-likeness (QED) is 0.327. The van der Waals surface area contributed by atoms with Gasteiger partial charge in [0.15, 0.2) is 0 Å². The lowest BCUT2D eigenvalue weighted by Gasteiger charge is -2.29. The van der Waals surface area contributed by atoms with Crippen molar-refractivity contribution in [3.05, 3.63) is 25.3 Å². The zero-order valence-electron chi connectivity index (χ0n) is 16.9. The topological polar surface area (TPSA) is 105 Å². The zero-order valence-corrected chi connectivity index (χ0v) is 16.9. The molecule has 28 heavy (non-hydrogen) atoms. The third kappa shape index (κ3) is 8.25. The number of hydrogen-bond acceptors (Lipinski definition) is 5. The fraction of sp³-hybridized carbons (Fsp3) is 0.667. The fourth-order valence-electron chi connectivity index (χ4n) is 3.34. The van der Waals surface area contributed by atoms with Gasteiger partial charge in [0.05, 0.1) is 24.1 Å². The molecule has 0 saturated heterocycles. The van der Waals surface area contributed by atoms with Crippen LogP contribution in [0, 0.1) is 5.92 Å². The van der Waals surface area contributed by atoms with E-state index < -0.39 is 11.5 Å². The summed E-state index contributed by atoms with van der Waals surface area (Å²) in [4.78, 5) is 36.5. The molecule has 3 N–H and O–H groups in total. The van der Waals surface area contributed by atoms with Crippen LogP contribution in [0.15, 0.2) is 25.3 Å². The van der Waals surface area contributed by atoms with Crippen molar-refractivity contribution < 1.29 is 24.2 Å². The van der Waals surface area contributed by atoms with Crippen molar-refractivity contribution in [2.75, 3.05) is 13.2 Å². The van der Waals surface area contributed by atoms with Crippen LogP contribution in [0.25, 0.3) is 0 Å². The van der Waals surface area contributed by atoms with Crippen LogP contribution in [-0.4, -0.2) is 47.7 Å². The molecule has 1 aliphatic carbocycles. The Labute approximate surface area is 167 Å². The summed E-state index contributed by atoms with van der Waals surface area (Å²) in [6.45, 7) is 8.93. The number of ether oxygens (including phenoxy) is 1. The minimum absolute atomic E-state index is 0.0193. The molecule has 1 aliphatic rings. The molecule has 1 fully saturated rings. The molecular weight excluding hydrogens is 360 g/mol. The second kappa shape index (κ2) is 12.3. The lowest BCUT2D eigenvalue weighted by Crippen LogP contribution is -2.50. The van der Waals surface area contributed by atoms with Crippen LogP contribution in [0.3, 0.4) is 0 Å². The van der Waals surface area contributed by atoms with Crippen molar-refractivity contribution in [2.45, 2.75) is 69.9 Å².